The van der Waals surface area contributed by atoms with E-state index >= 15 is 0 Å². The molecule has 3 unspecified atom stereocenters. The van der Waals surface area contributed by atoms with Crippen molar-refractivity contribution in [1.29, 1.82) is 0 Å². The summed E-state index contributed by atoms with van der Waals surface area (Å²) >= 11 is 3.18. The molecular weight excluding hydrogens is 334 g/mol. The first kappa shape index (κ1) is 15.6. The molecule has 20 heavy (non-hydrogen) atoms. The summed E-state index contributed by atoms with van der Waals surface area (Å²) in [7, 11) is 0. The minimum atomic E-state index is -0.985. The van der Waals surface area contributed by atoms with Crippen LogP contribution in [-0.2, 0) is 4.79 Å². The SMILES string of the molecule is O=C1NC(=O)N(CCN2CC(O)C(O)[C@H]2CO)CC1Br. The van der Waals surface area contributed by atoms with E-state index in [1.165, 1.54) is 4.90 Å². The molecule has 0 radical (unpaired) electrons. The van der Waals surface area contributed by atoms with Crippen molar-refractivity contribution < 1.29 is 24.9 Å². The number of β-amino-alcohol motifs (C(OH)–C–C–N with tert-alkyl or cyclic N) is 1. The molecule has 0 spiro atoms. The zero-order valence-electron chi connectivity index (χ0n) is 10.8. The minimum Gasteiger partial charge on any atom is -0.395 e. The van der Waals surface area contributed by atoms with E-state index in [4.69, 9.17) is 0 Å². The number of carbonyl (C=O) groups excluding carboxylic acids is 2. The van der Waals surface area contributed by atoms with Crippen LogP contribution in [0.2, 0.25) is 0 Å². The van der Waals surface area contributed by atoms with Crippen molar-refractivity contribution >= 4 is 27.9 Å². The highest BCUT2D eigenvalue weighted by atomic mass is 79.9. The van der Waals surface area contributed by atoms with Gasteiger partial charge < -0.3 is 20.2 Å². The standard InChI is InChI=1S/C11H18BrN3O5/c12-6-3-15(11(20)13-10(6)19)2-1-14-4-8(17)9(18)7(14)5-16/h6-9,16-18H,1-5H2,(H,13,19,20)/t6?,7-,8?,9?/m1/s1. The lowest BCUT2D eigenvalue weighted by Gasteiger charge is -2.32. The van der Waals surface area contributed by atoms with Crippen LogP contribution < -0.4 is 5.32 Å². The van der Waals surface area contributed by atoms with Gasteiger partial charge in [0.2, 0.25) is 5.91 Å². The summed E-state index contributed by atoms with van der Waals surface area (Å²) in [5, 5.41) is 30.7. The molecular formula is C11H18BrN3O5. The fraction of sp³-hybridized carbons (Fsp3) is 0.818. The number of alkyl halides is 1. The number of hydrogen-bond acceptors (Lipinski definition) is 6. The highest BCUT2D eigenvalue weighted by Crippen LogP contribution is 2.18. The second-order valence-electron chi connectivity index (χ2n) is 5.01. The van der Waals surface area contributed by atoms with Crippen molar-refractivity contribution in [2.75, 3.05) is 32.8 Å². The van der Waals surface area contributed by atoms with Crippen LogP contribution >= 0.6 is 15.9 Å². The summed E-state index contributed by atoms with van der Waals surface area (Å²) in [5.41, 5.74) is 0. The van der Waals surface area contributed by atoms with Gasteiger partial charge in [-0.25, -0.2) is 4.79 Å². The fourth-order valence-corrected chi connectivity index (χ4v) is 2.96. The van der Waals surface area contributed by atoms with Gasteiger partial charge in [-0.05, 0) is 0 Å². The van der Waals surface area contributed by atoms with Crippen LogP contribution in [0.4, 0.5) is 4.79 Å². The lowest BCUT2D eigenvalue weighted by atomic mass is 10.1. The molecule has 0 aliphatic carbocycles. The maximum Gasteiger partial charge on any atom is 0.324 e. The molecule has 0 bridgehead atoms. The van der Waals surface area contributed by atoms with E-state index in [2.05, 4.69) is 21.2 Å². The van der Waals surface area contributed by atoms with E-state index in [-0.39, 0.29) is 25.6 Å². The Morgan fingerprint density at radius 3 is 2.60 bits per heavy atom. The Bertz CT molecular complexity index is 396. The molecule has 2 saturated heterocycles. The number of nitrogens with one attached hydrogen (secondary N) is 1. The van der Waals surface area contributed by atoms with Crippen LogP contribution in [0.1, 0.15) is 0 Å². The van der Waals surface area contributed by atoms with E-state index in [9.17, 15) is 24.9 Å². The Labute approximate surface area is 124 Å². The van der Waals surface area contributed by atoms with E-state index < -0.39 is 29.1 Å². The van der Waals surface area contributed by atoms with Crippen LogP contribution in [-0.4, -0.2) is 92.9 Å². The van der Waals surface area contributed by atoms with Crippen LogP contribution in [0.3, 0.4) is 0 Å². The van der Waals surface area contributed by atoms with E-state index in [0.29, 0.717) is 13.1 Å². The third kappa shape index (κ3) is 3.12. The molecule has 0 aromatic heterocycles. The summed E-state index contributed by atoms with van der Waals surface area (Å²) in [5.74, 6) is -0.355. The van der Waals surface area contributed by atoms with Gasteiger partial charge in [-0.15, -0.1) is 0 Å². The summed E-state index contributed by atoms with van der Waals surface area (Å²) in [6.45, 7) is 1.01. The van der Waals surface area contributed by atoms with Crippen LogP contribution in [0.15, 0.2) is 0 Å². The minimum absolute atomic E-state index is 0.249. The first-order valence-electron chi connectivity index (χ1n) is 6.39. The largest absolute Gasteiger partial charge is 0.395 e. The molecule has 3 amide bonds. The van der Waals surface area contributed by atoms with Crippen molar-refractivity contribution in [3.8, 4) is 0 Å². The zero-order valence-corrected chi connectivity index (χ0v) is 12.4. The number of halogens is 1. The first-order chi connectivity index (χ1) is 9.43. The Hall–Kier alpha value is -0.740. The molecule has 2 rings (SSSR count). The number of amides is 3. The number of imide groups is 1. The maximum atomic E-state index is 11.6. The molecule has 0 aromatic rings. The average molecular weight is 352 g/mol. The number of aliphatic hydroxyl groups excluding tert-OH is 3. The maximum absolute atomic E-state index is 11.6. The van der Waals surface area contributed by atoms with Gasteiger partial charge in [0.15, 0.2) is 0 Å². The molecule has 0 saturated carbocycles. The molecule has 2 aliphatic rings. The van der Waals surface area contributed by atoms with Gasteiger partial charge in [0.1, 0.15) is 4.83 Å². The molecule has 114 valence electrons. The van der Waals surface area contributed by atoms with E-state index in [0.717, 1.165) is 0 Å². The van der Waals surface area contributed by atoms with Gasteiger partial charge in [-0.3, -0.25) is 15.0 Å². The van der Waals surface area contributed by atoms with Crippen LogP contribution in [0.25, 0.3) is 0 Å². The summed E-state index contributed by atoms with van der Waals surface area (Å²) in [6.07, 6.45) is -1.88. The summed E-state index contributed by atoms with van der Waals surface area (Å²) in [4.78, 5) is 25.7. The normalized spacial score (nSPS) is 35.5. The van der Waals surface area contributed by atoms with Crippen LogP contribution in [0.5, 0.6) is 0 Å². The van der Waals surface area contributed by atoms with Crippen LogP contribution in [0, 0.1) is 0 Å². The average Bonchev–Trinajstić information content (AvgIpc) is 2.67. The third-order valence-corrected chi connectivity index (χ3v) is 4.41. The number of urea groups is 1. The van der Waals surface area contributed by atoms with Crippen molar-refractivity contribution in [3.63, 3.8) is 0 Å². The molecule has 9 heteroatoms. The van der Waals surface area contributed by atoms with E-state index in [1.54, 1.807) is 4.90 Å². The predicted molar refractivity (Wildman–Crippen MR) is 72.3 cm³/mol. The second-order valence-corrected chi connectivity index (χ2v) is 6.12. The Morgan fingerprint density at radius 1 is 1.25 bits per heavy atom. The molecule has 2 fully saturated rings. The number of aliphatic hydroxyl groups is 3. The number of rotatable bonds is 4. The quantitative estimate of drug-likeness (QED) is 0.424. The molecule has 4 atom stereocenters. The smallest absolute Gasteiger partial charge is 0.324 e. The van der Waals surface area contributed by atoms with Gasteiger partial charge in [0, 0.05) is 26.2 Å². The number of nitrogens with zero attached hydrogens (tertiary/aromatic N) is 2. The first-order valence-corrected chi connectivity index (χ1v) is 7.30. The fourth-order valence-electron chi connectivity index (χ4n) is 2.50. The molecule has 8 nitrogen and oxygen atoms in total. The van der Waals surface area contributed by atoms with Gasteiger partial charge >= 0.3 is 6.03 Å². The zero-order chi connectivity index (χ0) is 14.9. The number of hydrogen-bond donors (Lipinski definition) is 4. The van der Waals surface area contributed by atoms with Crippen molar-refractivity contribution in [2.24, 2.45) is 0 Å². The number of likely N-dealkylation sites (tertiary alicyclic amines) is 1. The van der Waals surface area contributed by atoms with Crippen molar-refractivity contribution in [3.05, 3.63) is 0 Å². The molecule has 2 aliphatic heterocycles. The second kappa shape index (κ2) is 6.35. The third-order valence-electron chi connectivity index (χ3n) is 3.71. The Morgan fingerprint density at radius 2 is 1.95 bits per heavy atom. The Balaban J connectivity index is 1.89. The molecule has 4 N–H and O–H groups in total. The lowest BCUT2D eigenvalue weighted by Crippen LogP contribution is -2.56. The van der Waals surface area contributed by atoms with Crippen molar-refractivity contribution in [1.82, 2.24) is 15.1 Å². The topological polar surface area (TPSA) is 113 Å². The van der Waals surface area contributed by atoms with Gasteiger partial charge in [-0.1, -0.05) is 15.9 Å². The van der Waals surface area contributed by atoms with Gasteiger partial charge in [0.05, 0.1) is 24.9 Å². The molecule has 2 heterocycles. The summed E-state index contributed by atoms with van der Waals surface area (Å²) < 4.78 is 0. The highest BCUT2D eigenvalue weighted by molar-refractivity contribution is 9.10. The molecule has 0 aromatic carbocycles. The monoisotopic (exact) mass is 351 g/mol. The van der Waals surface area contributed by atoms with Gasteiger partial charge in [0.25, 0.3) is 0 Å². The summed E-state index contributed by atoms with van der Waals surface area (Å²) in [6, 6.07) is -0.981. The number of carbonyl (C=O) groups is 2. The van der Waals surface area contributed by atoms with Gasteiger partial charge in [-0.2, -0.15) is 0 Å². The van der Waals surface area contributed by atoms with E-state index in [1.807, 2.05) is 0 Å². The lowest BCUT2D eigenvalue weighted by molar-refractivity contribution is -0.120. The Kier molecular flexibility index (Phi) is 4.97. The predicted octanol–water partition coefficient (Wildman–Crippen LogP) is -2.30. The highest BCUT2D eigenvalue weighted by Gasteiger charge is 2.39. The van der Waals surface area contributed by atoms with Crippen molar-refractivity contribution in [2.45, 2.75) is 23.1 Å².